The molecule has 4 heteroatoms. The molecule has 0 aliphatic carbocycles. The standard InChI is InChI=1S/C15H16F2N2/c1-2-19(13-6-4-12(16)5-7-13)15-8-3-11(10-18)9-14(15)17/h3-9H,2,10,18H2,1H3. The summed E-state index contributed by atoms with van der Waals surface area (Å²) in [6, 6.07) is 10.9. The molecule has 100 valence electrons. The van der Waals surface area contributed by atoms with Gasteiger partial charge in [-0.25, -0.2) is 8.78 Å². The molecular weight excluding hydrogens is 246 g/mol. The van der Waals surface area contributed by atoms with Crippen molar-refractivity contribution in [1.82, 2.24) is 0 Å². The third kappa shape index (κ3) is 2.90. The molecule has 0 saturated carbocycles. The Bertz CT molecular complexity index is 553. The van der Waals surface area contributed by atoms with Gasteiger partial charge in [0, 0.05) is 18.8 Å². The van der Waals surface area contributed by atoms with Gasteiger partial charge in [0.05, 0.1) is 5.69 Å². The van der Waals surface area contributed by atoms with Crippen LogP contribution in [0.4, 0.5) is 20.2 Å². The first kappa shape index (κ1) is 13.5. The quantitative estimate of drug-likeness (QED) is 0.912. The molecule has 0 atom stereocenters. The Balaban J connectivity index is 2.39. The molecule has 2 aromatic carbocycles. The van der Waals surface area contributed by atoms with E-state index < -0.39 is 0 Å². The third-order valence-corrected chi connectivity index (χ3v) is 2.99. The smallest absolute Gasteiger partial charge is 0.147 e. The number of hydrogen-bond donors (Lipinski definition) is 1. The summed E-state index contributed by atoms with van der Waals surface area (Å²) in [5, 5.41) is 0. The highest BCUT2D eigenvalue weighted by Gasteiger charge is 2.12. The molecule has 0 amide bonds. The van der Waals surface area contributed by atoms with E-state index in [1.165, 1.54) is 18.2 Å². The molecule has 0 heterocycles. The van der Waals surface area contributed by atoms with Gasteiger partial charge in [-0.1, -0.05) is 6.07 Å². The lowest BCUT2D eigenvalue weighted by Crippen LogP contribution is -2.17. The van der Waals surface area contributed by atoms with Crippen molar-refractivity contribution in [2.75, 3.05) is 11.4 Å². The SMILES string of the molecule is CCN(c1ccc(F)cc1)c1ccc(CN)cc1F. The van der Waals surface area contributed by atoms with Crippen LogP contribution in [0.15, 0.2) is 42.5 Å². The average Bonchev–Trinajstić information content (AvgIpc) is 2.43. The predicted molar refractivity (Wildman–Crippen MR) is 73.4 cm³/mol. The summed E-state index contributed by atoms with van der Waals surface area (Å²) in [6.45, 7) is 2.81. The zero-order valence-corrected chi connectivity index (χ0v) is 10.7. The minimum atomic E-state index is -0.325. The Morgan fingerprint density at radius 1 is 1.05 bits per heavy atom. The van der Waals surface area contributed by atoms with E-state index in [9.17, 15) is 8.78 Å². The fourth-order valence-corrected chi connectivity index (χ4v) is 2.01. The van der Waals surface area contributed by atoms with Crippen LogP contribution in [0.2, 0.25) is 0 Å². The van der Waals surface area contributed by atoms with Gasteiger partial charge in [0.1, 0.15) is 11.6 Å². The lowest BCUT2D eigenvalue weighted by Gasteiger charge is -2.24. The van der Waals surface area contributed by atoms with Crippen LogP contribution in [0.1, 0.15) is 12.5 Å². The van der Waals surface area contributed by atoms with Gasteiger partial charge >= 0.3 is 0 Å². The summed E-state index contributed by atoms with van der Waals surface area (Å²) in [6.07, 6.45) is 0. The minimum Gasteiger partial charge on any atom is -0.339 e. The number of halogens is 2. The average molecular weight is 262 g/mol. The Labute approximate surface area is 111 Å². The highest BCUT2D eigenvalue weighted by atomic mass is 19.1. The predicted octanol–water partition coefficient (Wildman–Crippen LogP) is 3.58. The second-order valence-electron chi connectivity index (χ2n) is 4.21. The molecule has 0 bridgehead atoms. The lowest BCUT2D eigenvalue weighted by molar-refractivity contribution is 0.622. The second kappa shape index (κ2) is 5.80. The zero-order chi connectivity index (χ0) is 13.8. The fourth-order valence-electron chi connectivity index (χ4n) is 2.01. The highest BCUT2D eigenvalue weighted by Crippen LogP contribution is 2.28. The van der Waals surface area contributed by atoms with Gasteiger partial charge in [0.25, 0.3) is 0 Å². The van der Waals surface area contributed by atoms with Gasteiger partial charge in [0.2, 0.25) is 0 Å². The molecule has 0 saturated heterocycles. The summed E-state index contributed by atoms with van der Waals surface area (Å²) < 4.78 is 27.0. The van der Waals surface area contributed by atoms with Crippen molar-refractivity contribution in [2.24, 2.45) is 5.73 Å². The number of rotatable bonds is 4. The van der Waals surface area contributed by atoms with E-state index in [1.807, 2.05) is 6.92 Å². The van der Waals surface area contributed by atoms with Gasteiger partial charge in [-0.15, -0.1) is 0 Å². The van der Waals surface area contributed by atoms with Gasteiger partial charge in [0.15, 0.2) is 0 Å². The van der Waals surface area contributed by atoms with E-state index in [-0.39, 0.29) is 11.6 Å². The topological polar surface area (TPSA) is 29.3 Å². The van der Waals surface area contributed by atoms with Crippen molar-refractivity contribution in [1.29, 1.82) is 0 Å². The normalized spacial score (nSPS) is 10.5. The largest absolute Gasteiger partial charge is 0.339 e. The number of benzene rings is 2. The van der Waals surface area contributed by atoms with Gasteiger partial charge in [-0.2, -0.15) is 0 Å². The molecule has 2 rings (SSSR count). The Kier molecular flexibility index (Phi) is 4.12. The molecule has 0 aliphatic heterocycles. The number of hydrogen-bond acceptors (Lipinski definition) is 2. The summed E-state index contributed by atoms with van der Waals surface area (Å²) in [5.41, 5.74) is 7.45. The molecule has 2 nitrogen and oxygen atoms in total. The monoisotopic (exact) mass is 262 g/mol. The lowest BCUT2D eigenvalue weighted by atomic mass is 10.1. The molecule has 0 aliphatic rings. The molecule has 0 unspecified atom stereocenters. The number of anilines is 2. The Morgan fingerprint density at radius 3 is 2.26 bits per heavy atom. The highest BCUT2D eigenvalue weighted by molar-refractivity contribution is 5.63. The van der Waals surface area contributed by atoms with Crippen LogP contribution in [0.25, 0.3) is 0 Å². The van der Waals surface area contributed by atoms with Crippen LogP contribution >= 0.6 is 0 Å². The van der Waals surface area contributed by atoms with Crippen molar-refractivity contribution in [2.45, 2.75) is 13.5 Å². The van der Waals surface area contributed by atoms with Crippen LogP contribution in [0.5, 0.6) is 0 Å². The third-order valence-electron chi connectivity index (χ3n) is 2.99. The van der Waals surface area contributed by atoms with E-state index in [0.29, 0.717) is 18.8 Å². The van der Waals surface area contributed by atoms with Gasteiger partial charge in [-0.05, 0) is 48.9 Å². The van der Waals surface area contributed by atoms with Crippen LogP contribution in [0, 0.1) is 11.6 Å². The first-order valence-corrected chi connectivity index (χ1v) is 6.17. The van der Waals surface area contributed by atoms with E-state index >= 15 is 0 Å². The molecule has 0 fully saturated rings. The minimum absolute atomic E-state index is 0.305. The fraction of sp³-hybridized carbons (Fsp3) is 0.200. The first-order chi connectivity index (χ1) is 9.15. The summed E-state index contributed by atoms with van der Waals surface area (Å²) >= 11 is 0. The maximum absolute atomic E-state index is 14.1. The molecule has 2 N–H and O–H groups in total. The van der Waals surface area contributed by atoms with Gasteiger partial charge in [-0.3, -0.25) is 0 Å². The summed E-state index contributed by atoms with van der Waals surface area (Å²) in [7, 11) is 0. The summed E-state index contributed by atoms with van der Waals surface area (Å²) in [5.74, 6) is -0.632. The number of nitrogens with zero attached hydrogens (tertiary/aromatic N) is 1. The molecule has 19 heavy (non-hydrogen) atoms. The Morgan fingerprint density at radius 2 is 1.74 bits per heavy atom. The maximum atomic E-state index is 14.1. The van der Waals surface area contributed by atoms with Gasteiger partial charge < -0.3 is 10.6 Å². The summed E-state index contributed by atoms with van der Waals surface area (Å²) in [4.78, 5) is 1.79. The first-order valence-electron chi connectivity index (χ1n) is 6.17. The molecular formula is C15H16F2N2. The van der Waals surface area contributed by atoms with Crippen LogP contribution < -0.4 is 10.6 Å². The van der Waals surface area contributed by atoms with Crippen molar-refractivity contribution in [3.63, 3.8) is 0 Å². The molecule has 2 aromatic rings. The maximum Gasteiger partial charge on any atom is 0.147 e. The van der Waals surface area contributed by atoms with E-state index in [4.69, 9.17) is 5.73 Å². The zero-order valence-electron chi connectivity index (χ0n) is 10.7. The van der Waals surface area contributed by atoms with Crippen molar-refractivity contribution < 1.29 is 8.78 Å². The number of nitrogens with two attached hydrogens (primary N) is 1. The molecule has 0 spiro atoms. The molecule has 0 aromatic heterocycles. The van der Waals surface area contributed by atoms with Crippen LogP contribution in [0.3, 0.4) is 0 Å². The Hall–Kier alpha value is -1.94. The van der Waals surface area contributed by atoms with Crippen LogP contribution in [-0.4, -0.2) is 6.54 Å². The van der Waals surface area contributed by atoms with E-state index in [2.05, 4.69) is 0 Å². The van der Waals surface area contributed by atoms with Crippen molar-refractivity contribution in [3.8, 4) is 0 Å². The van der Waals surface area contributed by atoms with E-state index in [0.717, 1.165) is 11.3 Å². The van der Waals surface area contributed by atoms with Crippen LogP contribution in [-0.2, 0) is 6.54 Å². The van der Waals surface area contributed by atoms with E-state index in [1.54, 1.807) is 29.2 Å². The molecule has 0 radical (unpaired) electrons. The second-order valence-corrected chi connectivity index (χ2v) is 4.21. The van der Waals surface area contributed by atoms with Crippen molar-refractivity contribution in [3.05, 3.63) is 59.7 Å². The van der Waals surface area contributed by atoms with Crippen molar-refractivity contribution >= 4 is 11.4 Å².